The van der Waals surface area contributed by atoms with Crippen molar-refractivity contribution in [3.05, 3.63) is 77.6 Å². The van der Waals surface area contributed by atoms with E-state index in [0.29, 0.717) is 16.7 Å². The minimum atomic E-state index is -5.88. The highest BCUT2D eigenvalue weighted by Crippen LogP contribution is 2.39. The molecule has 0 N–H and O–H groups in total. The van der Waals surface area contributed by atoms with E-state index >= 15 is 0 Å². The molecule has 0 aliphatic rings. The van der Waals surface area contributed by atoms with Crippen molar-refractivity contribution in [1.82, 2.24) is 0 Å². The average molecular weight is 470 g/mol. The van der Waals surface area contributed by atoms with Crippen LogP contribution in [0.15, 0.2) is 60.7 Å². The molecule has 0 saturated heterocycles. The van der Waals surface area contributed by atoms with Gasteiger partial charge in [0.1, 0.15) is 6.61 Å². The molecule has 0 aliphatic carbocycles. The first kappa shape index (κ1) is 23.4. The summed E-state index contributed by atoms with van der Waals surface area (Å²) in [6.07, 6.45) is 0. The van der Waals surface area contributed by atoms with E-state index in [-0.39, 0.29) is 18.1 Å². The van der Waals surface area contributed by atoms with Gasteiger partial charge < -0.3 is 13.7 Å². The van der Waals surface area contributed by atoms with Gasteiger partial charge in [-0.25, -0.2) is 4.39 Å². The van der Waals surface area contributed by atoms with Crippen molar-refractivity contribution in [2.45, 2.75) is 19.0 Å². The number of hydrogen-bond donors (Lipinski definition) is 0. The van der Waals surface area contributed by atoms with Crippen LogP contribution in [-0.2, 0) is 16.7 Å². The number of rotatable bonds is 7. The Balaban J connectivity index is 1.88. The Kier molecular flexibility index (Phi) is 6.63. The fourth-order valence-electron chi connectivity index (χ4n) is 2.88. The SMILES string of the molecule is COc1cc(-c2ccc(OCc3ccccc3)c(F)c2)c(C)cc1OS(=O)(=O)C(F)(F)F. The van der Waals surface area contributed by atoms with Gasteiger partial charge in [0, 0.05) is 0 Å². The summed E-state index contributed by atoms with van der Waals surface area (Å²) in [5.41, 5.74) is -3.59. The molecule has 10 heteroatoms. The second-order valence-corrected chi connectivity index (χ2v) is 8.26. The van der Waals surface area contributed by atoms with Crippen LogP contribution in [0.2, 0.25) is 0 Å². The molecule has 0 atom stereocenters. The molecule has 0 spiro atoms. The quantitative estimate of drug-likeness (QED) is 0.255. The first-order chi connectivity index (χ1) is 15.0. The zero-order valence-electron chi connectivity index (χ0n) is 16.9. The summed E-state index contributed by atoms with van der Waals surface area (Å²) in [6, 6.07) is 15.7. The highest BCUT2D eigenvalue weighted by molar-refractivity contribution is 7.88. The van der Waals surface area contributed by atoms with E-state index < -0.39 is 27.2 Å². The number of ether oxygens (including phenoxy) is 2. The lowest BCUT2D eigenvalue weighted by atomic mass is 9.99. The molecular formula is C22H18F4O5S. The molecule has 0 aliphatic heterocycles. The molecule has 170 valence electrons. The van der Waals surface area contributed by atoms with Gasteiger partial charge in [-0.1, -0.05) is 36.4 Å². The number of halogens is 4. The highest BCUT2D eigenvalue weighted by Gasteiger charge is 2.49. The summed E-state index contributed by atoms with van der Waals surface area (Å²) in [6.45, 7) is 1.68. The molecule has 3 aromatic carbocycles. The first-order valence-corrected chi connectivity index (χ1v) is 10.6. The summed E-state index contributed by atoms with van der Waals surface area (Å²) in [4.78, 5) is 0. The Labute approximate surface area is 182 Å². The lowest BCUT2D eigenvalue weighted by Gasteiger charge is -2.16. The van der Waals surface area contributed by atoms with Gasteiger partial charge in [0.25, 0.3) is 0 Å². The van der Waals surface area contributed by atoms with Crippen molar-refractivity contribution < 1.29 is 39.6 Å². The molecule has 3 rings (SSSR count). The topological polar surface area (TPSA) is 61.8 Å². The van der Waals surface area contributed by atoms with Crippen LogP contribution in [0.3, 0.4) is 0 Å². The zero-order chi connectivity index (χ0) is 23.5. The predicted molar refractivity (Wildman–Crippen MR) is 110 cm³/mol. The summed E-state index contributed by atoms with van der Waals surface area (Å²) >= 11 is 0. The van der Waals surface area contributed by atoms with Gasteiger partial charge in [-0.15, -0.1) is 0 Å². The van der Waals surface area contributed by atoms with Crippen LogP contribution in [0.5, 0.6) is 17.2 Å². The van der Waals surface area contributed by atoms with Crippen LogP contribution in [-0.4, -0.2) is 21.0 Å². The Bertz CT molecular complexity index is 1210. The predicted octanol–water partition coefficient (Wildman–Crippen LogP) is 5.62. The van der Waals surface area contributed by atoms with Crippen LogP contribution in [0.4, 0.5) is 17.6 Å². The van der Waals surface area contributed by atoms with E-state index in [4.69, 9.17) is 9.47 Å². The normalized spacial score (nSPS) is 11.8. The highest BCUT2D eigenvalue weighted by atomic mass is 32.2. The molecule has 32 heavy (non-hydrogen) atoms. The third-order valence-electron chi connectivity index (χ3n) is 4.47. The molecule has 0 saturated carbocycles. The molecular weight excluding hydrogens is 452 g/mol. The third kappa shape index (κ3) is 5.13. The molecule has 0 radical (unpaired) electrons. The van der Waals surface area contributed by atoms with Crippen LogP contribution in [0.1, 0.15) is 11.1 Å². The van der Waals surface area contributed by atoms with Gasteiger partial charge >= 0.3 is 15.6 Å². The smallest absolute Gasteiger partial charge is 0.493 e. The molecule has 3 aromatic rings. The van der Waals surface area contributed by atoms with Gasteiger partial charge in [-0.2, -0.15) is 21.6 Å². The summed E-state index contributed by atoms with van der Waals surface area (Å²) < 4.78 is 89.9. The fourth-order valence-corrected chi connectivity index (χ4v) is 3.34. The average Bonchev–Trinajstić information content (AvgIpc) is 2.73. The van der Waals surface area contributed by atoms with Gasteiger partial charge in [-0.05, 0) is 53.4 Å². The first-order valence-electron chi connectivity index (χ1n) is 9.18. The fraction of sp³-hybridized carbons (Fsp3) is 0.182. The third-order valence-corrected chi connectivity index (χ3v) is 5.44. The van der Waals surface area contributed by atoms with Crippen LogP contribution in [0.25, 0.3) is 11.1 Å². The van der Waals surface area contributed by atoms with E-state index in [0.717, 1.165) is 18.7 Å². The zero-order valence-corrected chi connectivity index (χ0v) is 17.8. The van der Waals surface area contributed by atoms with E-state index in [9.17, 15) is 26.0 Å². The molecule has 0 aromatic heterocycles. The number of alkyl halides is 3. The van der Waals surface area contributed by atoms with Crippen molar-refractivity contribution in [3.8, 4) is 28.4 Å². The molecule has 0 amide bonds. The molecule has 0 bridgehead atoms. The standard InChI is InChI=1S/C22H18F4O5S/c1-14-10-21(31-32(27,28)22(24,25)26)20(29-2)12-17(14)16-8-9-19(18(23)11-16)30-13-15-6-4-3-5-7-15/h3-12H,13H2,1-2H3. The second kappa shape index (κ2) is 9.07. The maximum Gasteiger partial charge on any atom is 0.534 e. The summed E-state index contributed by atoms with van der Waals surface area (Å²) in [5.74, 6) is -1.51. The minimum Gasteiger partial charge on any atom is -0.493 e. The van der Waals surface area contributed by atoms with Gasteiger partial charge in [0.2, 0.25) is 0 Å². The Morgan fingerprint density at radius 3 is 2.19 bits per heavy atom. The van der Waals surface area contributed by atoms with E-state index in [1.165, 1.54) is 25.1 Å². The van der Waals surface area contributed by atoms with Gasteiger partial charge in [-0.3, -0.25) is 0 Å². The largest absolute Gasteiger partial charge is 0.534 e. The van der Waals surface area contributed by atoms with Crippen LogP contribution < -0.4 is 13.7 Å². The Morgan fingerprint density at radius 2 is 1.59 bits per heavy atom. The van der Waals surface area contributed by atoms with E-state index in [1.54, 1.807) is 6.07 Å². The number of aryl methyl sites for hydroxylation is 1. The number of benzene rings is 3. The molecule has 0 unspecified atom stereocenters. The summed E-state index contributed by atoms with van der Waals surface area (Å²) in [7, 11) is -4.73. The van der Waals surface area contributed by atoms with Crippen LogP contribution >= 0.6 is 0 Å². The van der Waals surface area contributed by atoms with Crippen molar-refractivity contribution in [3.63, 3.8) is 0 Å². The van der Waals surface area contributed by atoms with Crippen molar-refractivity contribution in [1.29, 1.82) is 0 Å². The molecule has 5 nitrogen and oxygen atoms in total. The van der Waals surface area contributed by atoms with E-state index in [2.05, 4.69) is 4.18 Å². The lowest BCUT2D eigenvalue weighted by Crippen LogP contribution is -2.28. The monoisotopic (exact) mass is 470 g/mol. The Hall–Kier alpha value is -3.27. The number of methoxy groups -OCH3 is 1. The van der Waals surface area contributed by atoms with Gasteiger partial charge in [0.05, 0.1) is 7.11 Å². The van der Waals surface area contributed by atoms with Crippen molar-refractivity contribution >= 4 is 10.1 Å². The maximum absolute atomic E-state index is 14.6. The molecule has 0 heterocycles. The Morgan fingerprint density at radius 1 is 0.906 bits per heavy atom. The maximum atomic E-state index is 14.6. The van der Waals surface area contributed by atoms with E-state index in [1.807, 2.05) is 30.3 Å². The van der Waals surface area contributed by atoms with Crippen LogP contribution in [0, 0.1) is 12.7 Å². The lowest BCUT2D eigenvalue weighted by molar-refractivity contribution is -0.0500. The molecule has 0 fully saturated rings. The van der Waals surface area contributed by atoms with Crippen molar-refractivity contribution in [2.75, 3.05) is 7.11 Å². The minimum absolute atomic E-state index is 0.0263. The summed E-state index contributed by atoms with van der Waals surface area (Å²) in [5, 5.41) is 0. The van der Waals surface area contributed by atoms with Crippen molar-refractivity contribution in [2.24, 2.45) is 0 Å². The number of hydrogen-bond acceptors (Lipinski definition) is 5. The van der Waals surface area contributed by atoms with Gasteiger partial charge in [0.15, 0.2) is 23.1 Å². The second-order valence-electron chi connectivity index (χ2n) is 6.72.